The number of hydrogen-bond acceptors (Lipinski definition) is 4. The lowest BCUT2D eigenvalue weighted by atomic mass is 10.2. The smallest absolute Gasteiger partial charge is 0.265 e. The Morgan fingerprint density at radius 3 is 2.37 bits per heavy atom. The topological polar surface area (TPSA) is 90.2 Å². The summed E-state index contributed by atoms with van der Waals surface area (Å²) in [6, 6.07) is 13.7. The maximum absolute atomic E-state index is 12.1. The lowest BCUT2D eigenvalue weighted by Gasteiger charge is -2.10. The standard InChI is InChI=1S/C13H10N2O3S/c14-9-10-5-1-2-6-11(10)15-19(17,18)13-8-4-3-7-12(13)16/h1-8,15-16H. The molecule has 19 heavy (non-hydrogen) atoms. The van der Waals surface area contributed by atoms with Crippen LogP contribution in [0.5, 0.6) is 5.75 Å². The lowest BCUT2D eigenvalue weighted by Crippen LogP contribution is -2.13. The molecule has 0 fully saturated rings. The largest absolute Gasteiger partial charge is 0.507 e. The van der Waals surface area contributed by atoms with Crippen LogP contribution >= 0.6 is 0 Å². The summed E-state index contributed by atoms with van der Waals surface area (Å²) in [5.41, 5.74) is 0.384. The third kappa shape index (κ3) is 2.67. The summed E-state index contributed by atoms with van der Waals surface area (Å²) >= 11 is 0. The van der Waals surface area contributed by atoms with Crippen molar-refractivity contribution >= 4 is 15.7 Å². The summed E-state index contributed by atoms with van der Waals surface area (Å²) in [4.78, 5) is -0.234. The number of nitrogens with zero attached hydrogens (tertiary/aromatic N) is 1. The summed E-state index contributed by atoms with van der Waals surface area (Å²) in [6.45, 7) is 0. The van der Waals surface area contributed by atoms with Crippen molar-refractivity contribution in [2.24, 2.45) is 0 Å². The van der Waals surface area contributed by atoms with Crippen LogP contribution in [0.1, 0.15) is 5.56 Å². The van der Waals surface area contributed by atoms with E-state index in [1.54, 1.807) is 12.1 Å². The molecule has 96 valence electrons. The lowest BCUT2D eigenvalue weighted by molar-refractivity contribution is 0.459. The van der Waals surface area contributed by atoms with Gasteiger partial charge in [-0.2, -0.15) is 5.26 Å². The minimum absolute atomic E-state index is 0.174. The molecule has 0 aliphatic heterocycles. The second-order valence-electron chi connectivity index (χ2n) is 3.73. The summed E-state index contributed by atoms with van der Waals surface area (Å²) < 4.78 is 26.5. The third-order valence-electron chi connectivity index (χ3n) is 2.45. The molecule has 2 aromatic rings. The minimum atomic E-state index is -3.93. The van der Waals surface area contributed by atoms with E-state index in [-0.39, 0.29) is 21.9 Å². The first kappa shape index (κ1) is 12.9. The maximum Gasteiger partial charge on any atom is 0.265 e. The van der Waals surface area contributed by atoms with Crippen molar-refractivity contribution in [1.29, 1.82) is 5.26 Å². The van der Waals surface area contributed by atoms with E-state index in [0.717, 1.165) is 0 Å². The summed E-state index contributed by atoms with van der Waals surface area (Å²) in [7, 11) is -3.93. The van der Waals surface area contributed by atoms with E-state index < -0.39 is 10.0 Å². The van der Waals surface area contributed by atoms with Crippen molar-refractivity contribution in [3.8, 4) is 11.8 Å². The molecule has 2 rings (SSSR count). The van der Waals surface area contributed by atoms with Gasteiger partial charge in [-0.1, -0.05) is 24.3 Å². The van der Waals surface area contributed by atoms with Gasteiger partial charge < -0.3 is 5.11 Å². The van der Waals surface area contributed by atoms with Crippen LogP contribution in [-0.2, 0) is 10.0 Å². The molecule has 0 atom stereocenters. The van der Waals surface area contributed by atoms with Crippen molar-refractivity contribution in [2.45, 2.75) is 4.90 Å². The van der Waals surface area contributed by atoms with Crippen molar-refractivity contribution in [1.82, 2.24) is 0 Å². The van der Waals surface area contributed by atoms with Crippen molar-refractivity contribution in [2.75, 3.05) is 4.72 Å². The molecule has 0 saturated heterocycles. The summed E-state index contributed by atoms with van der Waals surface area (Å²) in [6.07, 6.45) is 0. The van der Waals surface area contributed by atoms with Crippen LogP contribution in [0.25, 0.3) is 0 Å². The van der Waals surface area contributed by atoms with Crippen molar-refractivity contribution in [3.63, 3.8) is 0 Å². The van der Waals surface area contributed by atoms with Gasteiger partial charge in [0.2, 0.25) is 0 Å². The zero-order valence-electron chi connectivity index (χ0n) is 9.74. The fraction of sp³-hybridized carbons (Fsp3) is 0. The zero-order chi connectivity index (χ0) is 13.9. The number of anilines is 1. The van der Waals surface area contributed by atoms with Gasteiger partial charge in [0.1, 0.15) is 16.7 Å². The first-order valence-corrected chi connectivity index (χ1v) is 6.83. The molecule has 6 heteroatoms. The van der Waals surface area contributed by atoms with Gasteiger partial charge in [-0.15, -0.1) is 0 Å². The quantitative estimate of drug-likeness (QED) is 0.896. The predicted octanol–water partition coefficient (Wildman–Crippen LogP) is 2.06. The Balaban J connectivity index is 2.44. The highest BCUT2D eigenvalue weighted by Crippen LogP contribution is 2.25. The predicted molar refractivity (Wildman–Crippen MR) is 70.1 cm³/mol. The van der Waals surface area contributed by atoms with Crippen LogP contribution < -0.4 is 4.72 Å². The monoisotopic (exact) mass is 274 g/mol. The minimum Gasteiger partial charge on any atom is -0.507 e. The summed E-state index contributed by atoms with van der Waals surface area (Å²) in [5, 5.41) is 18.5. The molecule has 0 radical (unpaired) electrons. The van der Waals surface area contributed by atoms with E-state index >= 15 is 0 Å². The number of nitrogens with one attached hydrogen (secondary N) is 1. The molecule has 0 aromatic heterocycles. The number of phenolic OH excluding ortho intramolecular Hbond substituents is 1. The Morgan fingerprint density at radius 1 is 1.05 bits per heavy atom. The second kappa shape index (κ2) is 5.00. The average molecular weight is 274 g/mol. The number of phenols is 1. The molecule has 2 aromatic carbocycles. The molecule has 0 aliphatic carbocycles. The molecule has 0 aliphatic rings. The number of sulfonamides is 1. The fourth-order valence-electron chi connectivity index (χ4n) is 1.55. The highest BCUT2D eigenvalue weighted by Gasteiger charge is 2.19. The normalized spacial score (nSPS) is 10.7. The van der Waals surface area contributed by atoms with Crippen molar-refractivity contribution < 1.29 is 13.5 Å². The Morgan fingerprint density at radius 2 is 1.68 bits per heavy atom. The van der Waals surface area contributed by atoms with Gasteiger partial charge in [0.05, 0.1) is 11.3 Å². The number of aromatic hydroxyl groups is 1. The van der Waals surface area contributed by atoms with Crippen LogP contribution in [0.4, 0.5) is 5.69 Å². The van der Waals surface area contributed by atoms with E-state index in [1.807, 2.05) is 6.07 Å². The first-order valence-electron chi connectivity index (χ1n) is 5.34. The van der Waals surface area contributed by atoms with Crippen LogP contribution in [0.15, 0.2) is 53.4 Å². The van der Waals surface area contributed by atoms with E-state index in [1.165, 1.54) is 36.4 Å². The maximum atomic E-state index is 12.1. The molecule has 5 nitrogen and oxygen atoms in total. The van der Waals surface area contributed by atoms with Crippen LogP contribution in [0.3, 0.4) is 0 Å². The second-order valence-corrected chi connectivity index (χ2v) is 5.38. The Labute approximate surface area is 110 Å². The van der Waals surface area contributed by atoms with Gasteiger partial charge in [-0.25, -0.2) is 8.42 Å². The van der Waals surface area contributed by atoms with Gasteiger partial charge >= 0.3 is 0 Å². The molecule has 0 unspecified atom stereocenters. The molecule has 0 heterocycles. The Hall–Kier alpha value is -2.52. The van der Waals surface area contributed by atoms with Gasteiger partial charge in [-0.3, -0.25) is 4.72 Å². The van der Waals surface area contributed by atoms with Crippen molar-refractivity contribution in [3.05, 3.63) is 54.1 Å². The molecule has 0 amide bonds. The summed E-state index contributed by atoms with van der Waals surface area (Å²) in [5.74, 6) is -0.343. The average Bonchev–Trinajstić information content (AvgIpc) is 2.39. The number of nitriles is 1. The van der Waals surface area contributed by atoms with Crippen LogP contribution in [0, 0.1) is 11.3 Å². The first-order chi connectivity index (χ1) is 9.04. The molecule has 2 N–H and O–H groups in total. The zero-order valence-corrected chi connectivity index (χ0v) is 10.6. The SMILES string of the molecule is N#Cc1ccccc1NS(=O)(=O)c1ccccc1O. The van der Waals surface area contributed by atoms with E-state index in [0.29, 0.717) is 0 Å². The Bertz CT molecular complexity index is 748. The number of rotatable bonds is 3. The highest BCUT2D eigenvalue weighted by atomic mass is 32.2. The molecule has 0 spiro atoms. The van der Waals surface area contributed by atoms with Gasteiger partial charge in [0.25, 0.3) is 10.0 Å². The third-order valence-corrected chi connectivity index (χ3v) is 3.86. The van der Waals surface area contributed by atoms with Crippen LogP contribution in [0.2, 0.25) is 0 Å². The number of para-hydroxylation sites is 2. The van der Waals surface area contributed by atoms with Gasteiger partial charge in [-0.05, 0) is 24.3 Å². The molecule has 0 saturated carbocycles. The number of hydrogen-bond donors (Lipinski definition) is 2. The fourth-order valence-corrected chi connectivity index (χ4v) is 2.73. The molecule has 0 bridgehead atoms. The highest BCUT2D eigenvalue weighted by molar-refractivity contribution is 7.92. The molecular weight excluding hydrogens is 264 g/mol. The van der Waals surface area contributed by atoms with Crippen LogP contribution in [-0.4, -0.2) is 13.5 Å². The number of benzene rings is 2. The Kier molecular flexibility index (Phi) is 3.40. The molecular formula is C13H10N2O3S. The van der Waals surface area contributed by atoms with Gasteiger partial charge in [0.15, 0.2) is 0 Å². The van der Waals surface area contributed by atoms with Gasteiger partial charge in [0, 0.05) is 0 Å². The van der Waals surface area contributed by atoms with E-state index in [2.05, 4.69) is 4.72 Å². The van der Waals surface area contributed by atoms with E-state index in [9.17, 15) is 13.5 Å². The van der Waals surface area contributed by atoms with E-state index in [4.69, 9.17) is 5.26 Å².